The number of H-pyrrole nitrogens is 1. The van der Waals surface area contributed by atoms with Crippen LogP contribution in [-0.2, 0) is 4.74 Å². The van der Waals surface area contributed by atoms with E-state index in [9.17, 15) is 0 Å². The highest BCUT2D eigenvalue weighted by atomic mass is 32.1. The average molecular weight is 248 g/mol. The fourth-order valence-corrected chi connectivity index (χ4v) is 3.00. The molecule has 2 aromatic rings. The molecule has 2 atom stereocenters. The summed E-state index contributed by atoms with van der Waals surface area (Å²) in [6.45, 7) is 3.96. The fraction of sp³-hybridized carbons (Fsp3) is 0.462. The Labute approximate surface area is 105 Å². The van der Waals surface area contributed by atoms with Gasteiger partial charge in [-0.3, -0.25) is 0 Å². The van der Waals surface area contributed by atoms with E-state index in [1.807, 2.05) is 6.07 Å². The zero-order chi connectivity index (χ0) is 11.8. The summed E-state index contributed by atoms with van der Waals surface area (Å²) in [5, 5.41) is 0. The number of hydrogen-bond acceptors (Lipinski definition) is 2. The maximum absolute atomic E-state index is 5.47. The number of aromatic amines is 1. The third-order valence-corrected chi connectivity index (χ3v) is 3.98. The van der Waals surface area contributed by atoms with Gasteiger partial charge in [0, 0.05) is 18.6 Å². The standard InChI is InChI=1S/C13H16N2OS/c1-9(10-6-7-16-8-10)15-12-5-3-2-4-11(12)14-13(15)17/h2-5,9-10H,6-8H2,1H3,(H,14,17). The van der Waals surface area contributed by atoms with Crippen molar-refractivity contribution in [1.29, 1.82) is 0 Å². The van der Waals surface area contributed by atoms with E-state index in [0.717, 1.165) is 29.9 Å². The lowest BCUT2D eigenvalue weighted by Gasteiger charge is -2.20. The van der Waals surface area contributed by atoms with Crippen molar-refractivity contribution >= 4 is 23.3 Å². The summed E-state index contributed by atoms with van der Waals surface area (Å²) >= 11 is 5.43. The van der Waals surface area contributed by atoms with Gasteiger partial charge >= 0.3 is 0 Å². The molecule has 0 radical (unpaired) electrons. The first kappa shape index (κ1) is 11.0. The summed E-state index contributed by atoms with van der Waals surface area (Å²) in [6.07, 6.45) is 1.13. The monoisotopic (exact) mass is 248 g/mol. The SMILES string of the molecule is CC(C1CCOC1)n1c(=S)[nH]c2ccccc21. The Kier molecular flexibility index (Phi) is 2.76. The number of fused-ring (bicyclic) bond motifs is 1. The number of rotatable bonds is 2. The molecule has 0 bridgehead atoms. The van der Waals surface area contributed by atoms with E-state index in [1.165, 1.54) is 5.52 Å². The van der Waals surface area contributed by atoms with Crippen LogP contribution in [0.1, 0.15) is 19.4 Å². The van der Waals surface area contributed by atoms with E-state index in [2.05, 4.69) is 34.7 Å². The van der Waals surface area contributed by atoms with Gasteiger partial charge in [-0.15, -0.1) is 0 Å². The van der Waals surface area contributed by atoms with E-state index in [1.54, 1.807) is 0 Å². The summed E-state index contributed by atoms with van der Waals surface area (Å²) < 4.78 is 8.51. The lowest BCUT2D eigenvalue weighted by molar-refractivity contribution is 0.175. The molecule has 17 heavy (non-hydrogen) atoms. The molecule has 1 aliphatic rings. The number of para-hydroxylation sites is 2. The lowest BCUT2D eigenvalue weighted by Crippen LogP contribution is -2.16. The molecule has 1 saturated heterocycles. The number of nitrogens with one attached hydrogen (secondary N) is 1. The van der Waals surface area contributed by atoms with Crippen molar-refractivity contribution in [3.8, 4) is 0 Å². The predicted octanol–water partition coefficient (Wildman–Crippen LogP) is 3.30. The number of ether oxygens (including phenoxy) is 1. The maximum Gasteiger partial charge on any atom is 0.178 e. The predicted molar refractivity (Wildman–Crippen MR) is 70.8 cm³/mol. The molecule has 3 nitrogen and oxygen atoms in total. The molecule has 1 aromatic carbocycles. The highest BCUT2D eigenvalue weighted by molar-refractivity contribution is 7.71. The van der Waals surface area contributed by atoms with Gasteiger partial charge < -0.3 is 14.3 Å². The minimum atomic E-state index is 0.390. The maximum atomic E-state index is 5.47. The van der Waals surface area contributed by atoms with Gasteiger partial charge in [-0.05, 0) is 37.7 Å². The van der Waals surface area contributed by atoms with Crippen LogP contribution >= 0.6 is 12.2 Å². The Morgan fingerprint density at radius 2 is 2.29 bits per heavy atom. The minimum absolute atomic E-state index is 0.390. The zero-order valence-electron chi connectivity index (χ0n) is 9.85. The van der Waals surface area contributed by atoms with Crippen LogP contribution in [-0.4, -0.2) is 22.8 Å². The van der Waals surface area contributed by atoms with Crippen molar-refractivity contribution in [3.05, 3.63) is 29.0 Å². The van der Waals surface area contributed by atoms with Crippen LogP contribution in [0.25, 0.3) is 11.0 Å². The topological polar surface area (TPSA) is 29.9 Å². The Hall–Kier alpha value is -1.13. The van der Waals surface area contributed by atoms with Gasteiger partial charge in [-0.25, -0.2) is 0 Å². The number of benzene rings is 1. The molecule has 0 saturated carbocycles. The largest absolute Gasteiger partial charge is 0.381 e. The van der Waals surface area contributed by atoms with Gasteiger partial charge in [-0.2, -0.15) is 0 Å². The second kappa shape index (κ2) is 4.27. The fourth-order valence-electron chi connectivity index (χ4n) is 2.62. The van der Waals surface area contributed by atoms with Crippen LogP contribution in [0.15, 0.2) is 24.3 Å². The Balaban J connectivity index is 2.09. The van der Waals surface area contributed by atoms with Crippen LogP contribution in [0.3, 0.4) is 0 Å². The first-order chi connectivity index (χ1) is 8.27. The van der Waals surface area contributed by atoms with Gasteiger partial charge in [0.25, 0.3) is 0 Å². The van der Waals surface area contributed by atoms with Crippen molar-refractivity contribution in [1.82, 2.24) is 9.55 Å². The molecule has 90 valence electrons. The Morgan fingerprint density at radius 3 is 3.06 bits per heavy atom. The normalized spacial score (nSPS) is 22.1. The Morgan fingerprint density at radius 1 is 1.47 bits per heavy atom. The van der Waals surface area contributed by atoms with Crippen molar-refractivity contribution in [2.24, 2.45) is 5.92 Å². The molecule has 0 aliphatic carbocycles. The Bertz CT molecular complexity index is 580. The molecule has 1 N–H and O–H groups in total. The summed E-state index contributed by atoms with van der Waals surface area (Å²) in [4.78, 5) is 3.27. The van der Waals surface area contributed by atoms with Crippen LogP contribution in [0.2, 0.25) is 0 Å². The minimum Gasteiger partial charge on any atom is -0.381 e. The second-order valence-electron chi connectivity index (χ2n) is 4.68. The first-order valence-electron chi connectivity index (χ1n) is 6.04. The molecular formula is C13H16N2OS. The van der Waals surface area contributed by atoms with E-state index < -0.39 is 0 Å². The molecular weight excluding hydrogens is 232 g/mol. The summed E-state index contributed by atoms with van der Waals surface area (Å²) in [7, 11) is 0. The summed E-state index contributed by atoms with van der Waals surface area (Å²) in [5.41, 5.74) is 2.31. The number of imidazole rings is 1. The van der Waals surface area contributed by atoms with Crippen LogP contribution in [0.5, 0.6) is 0 Å². The molecule has 1 aromatic heterocycles. The van der Waals surface area contributed by atoms with Crippen LogP contribution in [0, 0.1) is 10.7 Å². The van der Waals surface area contributed by atoms with Gasteiger partial charge in [0.2, 0.25) is 0 Å². The highest BCUT2D eigenvalue weighted by Gasteiger charge is 2.25. The molecule has 4 heteroatoms. The molecule has 2 heterocycles. The third-order valence-electron chi connectivity index (χ3n) is 3.68. The van der Waals surface area contributed by atoms with Crippen molar-refractivity contribution in [3.63, 3.8) is 0 Å². The molecule has 0 spiro atoms. The lowest BCUT2D eigenvalue weighted by atomic mass is 10.0. The second-order valence-corrected chi connectivity index (χ2v) is 5.07. The van der Waals surface area contributed by atoms with E-state index in [0.29, 0.717) is 12.0 Å². The zero-order valence-corrected chi connectivity index (χ0v) is 10.7. The van der Waals surface area contributed by atoms with Crippen molar-refractivity contribution in [2.75, 3.05) is 13.2 Å². The summed E-state index contributed by atoms with van der Waals surface area (Å²) in [6, 6.07) is 8.66. The van der Waals surface area contributed by atoms with Gasteiger partial charge in [0.1, 0.15) is 0 Å². The molecule has 2 unspecified atom stereocenters. The first-order valence-corrected chi connectivity index (χ1v) is 6.45. The molecule has 1 fully saturated rings. The van der Waals surface area contributed by atoms with Crippen LogP contribution in [0.4, 0.5) is 0 Å². The highest BCUT2D eigenvalue weighted by Crippen LogP contribution is 2.29. The van der Waals surface area contributed by atoms with E-state index in [-0.39, 0.29) is 0 Å². The molecule has 1 aliphatic heterocycles. The third kappa shape index (κ3) is 1.81. The average Bonchev–Trinajstić information content (AvgIpc) is 2.94. The number of hydrogen-bond donors (Lipinski definition) is 1. The van der Waals surface area contributed by atoms with Crippen LogP contribution < -0.4 is 0 Å². The van der Waals surface area contributed by atoms with Gasteiger partial charge in [-0.1, -0.05) is 12.1 Å². The summed E-state index contributed by atoms with van der Waals surface area (Å²) in [5.74, 6) is 0.570. The number of aromatic nitrogens is 2. The van der Waals surface area contributed by atoms with Gasteiger partial charge in [0.15, 0.2) is 4.77 Å². The van der Waals surface area contributed by atoms with Crippen molar-refractivity contribution < 1.29 is 4.74 Å². The smallest absolute Gasteiger partial charge is 0.178 e. The van der Waals surface area contributed by atoms with Gasteiger partial charge in [0.05, 0.1) is 17.6 Å². The quantitative estimate of drug-likeness (QED) is 0.826. The van der Waals surface area contributed by atoms with Crippen molar-refractivity contribution in [2.45, 2.75) is 19.4 Å². The molecule has 0 amide bonds. The molecule has 3 rings (SSSR count). The number of nitrogens with zero attached hydrogens (tertiary/aromatic N) is 1. The van der Waals surface area contributed by atoms with E-state index in [4.69, 9.17) is 17.0 Å². The van der Waals surface area contributed by atoms with E-state index >= 15 is 0 Å².